The topological polar surface area (TPSA) is 29.5 Å². The first kappa shape index (κ1) is 13.6. The summed E-state index contributed by atoms with van der Waals surface area (Å²) in [6.45, 7) is 12.2. The van der Waals surface area contributed by atoms with Gasteiger partial charge >= 0.3 is 0 Å². The molecule has 0 aromatic heterocycles. The van der Waals surface area contributed by atoms with Crippen molar-refractivity contribution >= 4 is 8.32 Å². The Morgan fingerprint density at radius 3 is 2.24 bits per heavy atom. The third-order valence-electron chi connectivity index (χ3n) is 5.48. The maximum absolute atomic E-state index is 10.2. The van der Waals surface area contributed by atoms with Crippen LogP contribution in [0.1, 0.15) is 40.0 Å². The number of hydrogen-bond acceptors (Lipinski definition) is 2. The van der Waals surface area contributed by atoms with E-state index in [4.69, 9.17) is 4.43 Å². The standard InChI is InChI=1S/C14H28O2Si/c1-14(2,3)17(4,5)16-9-12-10-6-7-11(8-10)13(12)15/h10-13,15H,6-9H2,1-5H3. The molecule has 0 spiro atoms. The van der Waals surface area contributed by atoms with Crippen LogP contribution in [0.4, 0.5) is 0 Å². The SMILES string of the molecule is CC(C)(C)[Si](C)(C)OCC1C2CCC(C2)C1O. The number of fused-ring (bicyclic) bond motifs is 2. The minimum Gasteiger partial charge on any atom is -0.416 e. The third-order valence-corrected chi connectivity index (χ3v) is 9.98. The second-order valence-corrected chi connectivity index (χ2v) is 12.4. The summed E-state index contributed by atoms with van der Waals surface area (Å²) in [5.74, 6) is 1.73. The predicted octanol–water partition coefficient (Wildman–Crippen LogP) is 3.42. The maximum atomic E-state index is 10.2. The zero-order valence-electron chi connectivity index (χ0n) is 12.0. The van der Waals surface area contributed by atoms with Gasteiger partial charge in [-0.1, -0.05) is 20.8 Å². The molecule has 3 heteroatoms. The van der Waals surface area contributed by atoms with Crippen LogP contribution >= 0.6 is 0 Å². The molecule has 1 N–H and O–H groups in total. The van der Waals surface area contributed by atoms with Crippen LogP contribution in [0.15, 0.2) is 0 Å². The predicted molar refractivity (Wildman–Crippen MR) is 73.5 cm³/mol. The molecule has 2 rings (SSSR count). The monoisotopic (exact) mass is 256 g/mol. The molecule has 0 radical (unpaired) electrons. The van der Waals surface area contributed by atoms with Crippen molar-refractivity contribution in [2.75, 3.05) is 6.61 Å². The average Bonchev–Trinajstić information content (AvgIpc) is 2.74. The summed E-state index contributed by atoms with van der Waals surface area (Å²) in [6, 6.07) is 0. The molecule has 4 atom stereocenters. The molecule has 0 heterocycles. The molecule has 0 aromatic rings. The third kappa shape index (κ3) is 2.47. The first-order valence-electron chi connectivity index (χ1n) is 7.04. The highest BCUT2D eigenvalue weighted by Crippen LogP contribution is 2.49. The molecule has 2 aliphatic carbocycles. The van der Waals surface area contributed by atoms with Crippen LogP contribution in [-0.2, 0) is 4.43 Å². The van der Waals surface area contributed by atoms with E-state index in [0.29, 0.717) is 11.8 Å². The average molecular weight is 256 g/mol. The van der Waals surface area contributed by atoms with Gasteiger partial charge < -0.3 is 9.53 Å². The molecular weight excluding hydrogens is 228 g/mol. The van der Waals surface area contributed by atoms with Crippen molar-refractivity contribution < 1.29 is 9.53 Å². The van der Waals surface area contributed by atoms with Gasteiger partial charge in [0.25, 0.3) is 0 Å². The lowest BCUT2D eigenvalue weighted by Crippen LogP contribution is -2.44. The van der Waals surface area contributed by atoms with Crippen LogP contribution in [0.25, 0.3) is 0 Å². The molecule has 2 bridgehead atoms. The van der Waals surface area contributed by atoms with Crippen molar-refractivity contribution in [2.24, 2.45) is 17.8 Å². The summed E-state index contributed by atoms with van der Waals surface area (Å²) in [5.41, 5.74) is 0. The van der Waals surface area contributed by atoms with Crippen molar-refractivity contribution in [1.29, 1.82) is 0 Å². The van der Waals surface area contributed by atoms with Gasteiger partial charge in [-0.3, -0.25) is 0 Å². The summed E-state index contributed by atoms with van der Waals surface area (Å²) in [7, 11) is -1.64. The van der Waals surface area contributed by atoms with E-state index in [0.717, 1.165) is 12.5 Å². The second-order valence-electron chi connectivity index (χ2n) is 7.56. The minimum atomic E-state index is -1.64. The molecule has 2 aliphatic rings. The Bertz CT molecular complexity index is 280. The van der Waals surface area contributed by atoms with E-state index in [1.54, 1.807) is 0 Å². The van der Waals surface area contributed by atoms with E-state index >= 15 is 0 Å². The van der Waals surface area contributed by atoms with Crippen molar-refractivity contribution in [3.8, 4) is 0 Å². The van der Waals surface area contributed by atoms with Crippen LogP contribution in [0.3, 0.4) is 0 Å². The first-order valence-corrected chi connectivity index (χ1v) is 9.95. The van der Waals surface area contributed by atoms with Gasteiger partial charge in [0.05, 0.1) is 6.10 Å². The van der Waals surface area contributed by atoms with E-state index < -0.39 is 8.32 Å². The largest absolute Gasteiger partial charge is 0.416 e. The van der Waals surface area contributed by atoms with Crippen molar-refractivity contribution in [2.45, 2.75) is 64.3 Å². The summed E-state index contributed by atoms with van der Waals surface area (Å²) in [5, 5.41) is 10.5. The highest BCUT2D eigenvalue weighted by molar-refractivity contribution is 6.74. The van der Waals surface area contributed by atoms with Gasteiger partial charge in [0.15, 0.2) is 8.32 Å². The van der Waals surface area contributed by atoms with Crippen LogP contribution in [0.5, 0.6) is 0 Å². The van der Waals surface area contributed by atoms with Gasteiger partial charge in [0.1, 0.15) is 0 Å². The molecular formula is C14H28O2Si. The van der Waals surface area contributed by atoms with Crippen molar-refractivity contribution in [3.63, 3.8) is 0 Å². The van der Waals surface area contributed by atoms with Gasteiger partial charge in [0, 0.05) is 12.5 Å². The molecule has 100 valence electrons. The number of aliphatic hydroxyl groups is 1. The molecule has 2 fully saturated rings. The second kappa shape index (κ2) is 4.36. The van der Waals surface area contributed by atoms with E-state index in [1.165, 1.54) is 19.3 Å². The van der Waals surface area contributed by atoms with Gasteiger partial charge in [-0.2, -0.15) is 0 Å². The Balaban J connectivity index is 1.91. The lowest BCUT2D eigenvalue weighted by Gasteiger charge is -2.38. The zero-order valence-corrected chi connectivity index (χ0v) is 13.0. The molecule has 4 unspecified atom stereocenters. The Labute approximate surface area is 107 Å². The number of rotatable bonds is 3. The van der Waals surface area contributed by atoms with E-state index in [1.807, 2.05) is 0 Å². The minimum absolute atomic E-state index is 0.0847. The van der Waals surface area contributed by atoms with Gasteiger partial charge in [-0.05, 0) is 49.2 Å². The Morgan fingerprint density at radius 2 is 1.76 bits per heavy atom. The Kier molecular flexibility index (Phi) is 3.48. The highest BCUT2D eigenvalue weighted by atomic mass is 28.4. The van der Waals surface area contributed by atoms with Gasteiger partial charge in [-0.15, -0.1) is 0 Å². The van der Waals surface area contributed by atoms with Gasteiger partial charge in [-0.25, -0.2) is 0 Å². The fourth-order valence-corrected chi connectivity index (χ4v) is 4.18. The Morgan fingerprint density at radius 1 is 1.18 bits per heavy atom. The zero-order chi connectivity index (χ0) is 12.8. The Hall–Kier alpha value is 0.137. The summed E-state index contributed by atoms with van der Waals surface area (Å²) >= 11 is 0. The number of aliphatic hydroxyl groups excluding tert-OH is 1. The molecule has 2 saturated carbocycles. The van der Waals surface area contributed by atoms with Crippen molar-refractivity contribution in [3.05, 3.63) is 0 Å². The summed E-state index contributed by atoms with van der Waals surface area (Å²) < 4.78 is 6.28. The van der Waals surface area contributed by atoms with Crippen LogP contribution in [0.2, 0.25) is 18.1 Å². The number of hydrogen-bond donors (Lipinski definition) is 1. The quantitative estimate of drug-likeness (QED) is 0.784. The van der Waals surface area contributed by atoms with E-state index in [2.05, 4.69) is 33.9 Å². The molecule has 17 heavy (non-hydrogen) atoms. The maximum Gasteiger partial charge on any atom is 0.191 e. The highest BCUT2D eigenvalue weighted by Gasteiger charge is 2.48. The summed E-state index contributed by atoms with van der Waals surface area (Å²) in [4.78, 5) is 0. The van der Waals surface area contributed by atoms with Crippen molar-refractivity contribution in [1.82, 2.24) is 0 Å². The van der Waals surface area contributed by atoms with Crippen LogP contribution in [0, 0.1) is 17.8 Å². The van der Waals surface area contributed by atoms with Crippen LogP contribution in [-0.4, -0.2) is 26.1 Å². The molecule has 0 saturated heterocycles. The lowest BCUT2D eigenvalue weighted by molar-refractivity contribution is 0.0304. The first-order chi connectivity index (χ1) is 7.72. The molecule has 0 aliphatic heterocycles. The molecule has 0 amide bonds. The lowest BCUT2D eigenvalue weighted by atomic mass is 9.87. The van der Waals surface area contributed by atoms with E-state index in [9.17, 15) is 5.11 Å². The normalized spacial score (nSPS) is 37.8. The summed E-state index contributed by atoms with van der Waals surface area (Å²) in [6.07, 6.45) is 3.71. The van der Waals surface area contributed by atoms with E-state index in [-0.39, 0.29) is 11.1 Å². The molecule has 0 aromatic carbocycles. The van der Waals surface area contributed by atoms with Gasteiger partial charge in [0.2, 0.25) is 0 Å². The smallest absolute Gasteiger partial charge is 0.191 e. The van der Waals surface area contributed by atoms with Crippen LogP contribution < -0.4 is 0 Å². The molecule has 2 nitrogen and oxygen atoms in total. The fourth-order valence-electron chi connectivity index (χ4n) is 3.14. The fraction of sp³-hybridized carbons (Fsp3) is 1.00.